The number of methoxy groups -OCH3 is 1. The van der Waals surface area contributed by atoms with Crippen LogP contribution in [0.25, 0.3) is 10.9 Å². The maximum Gasteiger partial charge on any atom is 0.238 e. The van der Waals surface area contributed by atoms with Gasteiger partial charge in [-0.1, -0.05) is 17.7 Å². The number of likely N-dealkylation sites (N-methyl/N-ethyl adjacent to an activating group) is 1. The van der Waals surface area contributed by atoms with Crippen LogP contribution in [0.15, 0.2) is 42.9 Å². The zero-order valence-electron chi connectivity index (χ0n) is 21.6. The molecule has 0 bridgehead atoms. The molecule has 11 heteroatoms. The van der Waals surface area contributed by atoms with Crippen molar-refractivity contribution in [1.82, 2.24) is 24.7 Å². The highest BCUT2D eigenvalue weighted by molar-refractivity contribution is 6.31. The van der Waals surface area contributed by atoms with Gasteiger partial charge in [0, 0.05) is 50.4 Å². The summed E-state index contributed by atoms with van der Waals surface area (Å²) in [4.78, 5) is 27.8. The van der Waals surface area contributed by atoms with E-state index in [0.29, 0.717) is 36.8 Å². The normalized spacial score (nSPS) is 19.5. The third kappa shape index (κ3) is 5.92. The lowest BCUT2D eigenvalue weighted by atomic mass is 10.1. The van der Waals surface area contributed by atoms with Gasteiger partial charge in [-0.15, -0.1) is 0 Å². The quantitative estimate of drug-likeness (QED) is 0.486. The van der Waals surface area contributed by atoms with Crippen LogP contribution in [0.5, 0.6) is 11.5 Å². The first kappa shape index (κ1) is 26.4. The van der Waals surface area contributed by atoms with E-state index in [0.717, 1.165) is 43.4 Å². The lowest BCUT2D eigenvalue weighted by molar-refractivity contribution is -0.136. The first-order valence-corrected chi connectivity index (χ1v) is 13.1. The highest BCUT2D eigenvalue weighted by Gasteiger charge is 2.32. The Morgan fingerprint density at radius 3 is 2.79 bits per heavy atom. The van der Waals surface area contributed by atoms with Gasteiger partial charge < -0.3 is 24.6 Å². The van der Waals surface area contributed by atoms with Crippen LogP contribution in [-0.2, 0) is 4.79 Å². The lowest BCUT2D eigenvalue weighted by Crippen LogP contribution is -2.59. The topological polar surface area (TPSA) is 83.1 Å². The summed E-state index contributed by atoms with van der Waals surface area (Å²) in [5.41, 5.74) is 1.09. The summed E-state index contributed by atoms with van der Waals surface area (Å²) < 4.78 is 26.4. The van der Waals surface area contributed by atoms with Gasteiger partial charge >= 0.3 is 0 Å². The summed E-state index contributed by atoms with van der Waals surface area (Å²) in [6.07, 6.45) is 4.51. The fourth-order valence-corrected chi connectivity index (χ4v) is 5.20. The van der Waals surface area contributed by atoms with E-state index in [2.05, 4.69) is 25.1 Å². The van der Waals surface area contributed by atoms with E-state index in [1.165, 1.54) is 12.4 Å². The maximum absolute atomic E-state index is 14.5. The number of hydrogen-bond acceptors (Lipinski definition) is 8. The van der Waals surface area contributed by atoms with Gasteiger partial charge in [0.1, 0.15) is 18.6 Å². The summed E-state index contributed by atoms with van der Waals surface area (Å²) in [6.45, 7) is 3.71. The van der Waals surface area contributed by atoms with E-state index in [9.17, 15) is 9.18 Å². The first-order chi connectivity index (χ1) is 18.4. The number of rotatable bonds is 7. The van der Waals surface area contributed by atoms with Gasteiger partial charge in [0.2, 0.25) is 5.91 Å². The van der Waals surface area contributed by atoms with Crippen LogP contribution in [0.3, 0.4) is 0 Å². The zero-order valence-corrected chi connectivity index (χ0v) is 22.3. The van der Waals surface area contributed by atoms with Crippen LogP contribution in [0.1, 0.15) is 12.8 Å². The molecule has 1 amide bonds. The van der Waals surface area contributed by atoms with E-state index >= 15 is 0 Å². The predicted octanol–water partition coefficient (Wildman–Crippen LogP) is 3.49. The second kappa shape index (κ2) is 11.7. The molecule has 0 radical (unpaired) electrons. The molecule has 2 fully saturated rings. The van der Waals surface area contributed by atoms with Gasteiger partial charge in [0.05, 0.1) is 29.9 Å². The van der Waals surface area contributed by atoms with E-state index in [1.54, 1.807) is 25.4 Å². The average Bonchev–Trinajstić information content (AvgIpc) is 2.92. The Balaban J connectivity index is 1.18. The molecule has 202 valence electrons. The zero-order chi connectivity index (χ0) is 26.6. The minimum Gasteiger partial charge on any atom is -0.493 e. The number of ether oxygens (including phenoxy) is 2. The molecule has 0 spiro atoms. The van der Waals surface area contributed by atoms with Crippen LogP contribution < -0.4 is 14.8 Å². The molecule has 3 heterocycles. The molecule has 1 atom stereocenters. The third-order valence-electron chi connectivity index (χ3n) is 7.15. The standard InChI is InChI=1S/C27H32ClFN6O3/c1-33-10-11-35(25(15-33)32-21-5-3-4-20(28)27(21)29)26(36)16-34-8-6-19(7-9-34)38-24-12-18-14-30-17-31-22(18)13-23(24)37-2/h3-5,12-14,17,19,25,32H,6-11,15-16H2,1-2H3. The van der Waals surface area contributed by atoms with E-state index < -0.39 is 5.82 Å². The van der Waals surface area contributed by atoms with E-state index in [1.807, 2.05) is 24.1 Å². The number of nitrogens with one attached hydrogen (secondary N) is 1. The molecule has 1 N–H and O–H groups in total. The van der Waals surface area contributed by atoms with Crippen molar-refractivity contribution in [2.24, 2.45) is 0 Å². The molecule has 3 aromatic rings. The Labute approximate surface area is 226 Å². The molecule has 9 nitrogen and oxygen atoms in total. The molecule has 1 unspecified atom stereocenters. The third-order valence-corrected chi connectivity index (χ3v) is 7.45. The van der Waals surface area contributed by atoms with Crippen molar-refractivity contribution < 1.29 is 18.7 Å². The molecule has 1 aromatic heterocycles. The number of amides is 1. The first-order valence-electron chi connectivity index (χ1n) is 12.8. The summed E-state index contributed by atoms with van der Waals surface area (Å²) >= 11 is 5.96. The number of fused-ring (bicyclic) bond motifs is 1. The van der Waals surface area contributed by atoms with E-state index in [-0.39, 0.29) is 23.2 Å². The SMILES string of the molecule is COc1cc2ncncc2cc1OC1CCN(CC(=O)N2CCN(C)CC2Nc2cccc(Cl)c2F)CC1. The van der Waals surface area contributed by atoms with Crippen molar-refractivity contribution in [3.8, 4) is 11.5 Å². The van der Waals surface area contributed by atoms with Crippen molar-refractivity contribution in [3.05, 3.63) is 53.7 Å². The number of carbonyl (C=O) groups excluding carboxylic acids is 1. The molecule has 2 aromatic carbocycles. The van der Waals surface area contributed by atoms with Crippen molar-refractivity contribution in [2.75, 3.05) is 58.7 Å². The Morgan fingerprint density at radius 2 is 2.00 bits per heavy atom. The number of piperazine rings is 1. The Hall–Kier alpha value is -3.21. The van der Waals surface area contributed by atoms with Crippen LogP contribution in [0.4, 0.5) is 10.1 Å². The highest BCUT2D eigenvalue weighted by Crippen LogP contribution is 2.33. The molecule has 5 rings (SSSR count). The molecule has 38 heavy (non-hydrogen) atoms. The second-order valence-corrected chi connectivity index (χ2v) is 10.2. The van der Waals surface area contributed by atoms with E-state index in [4.69, 9.17) is 21.1 Å². The molecule has 2 aliphatic heterocycles. The molecule has 2 aliphatic rings. The maximum atomic E-state index is 14.5. The van der Waals surface area contributed by atoms with Crippen LogP contribution in [0, 0.1) is 5.82 Å². The minimum atomic E-state index is -0.507. The van der Waals surface area contributed by atoms with Gasteiger partial charge in [-0.2, -0.15) is 0 Å². The van der Waals surface area contributed by atoms with Gasteiger partial charge in [-0.05, 0) is 38.1 Å². The number of aromatic nitrogens is 2. The minimum absolute atomic E-state index is 0.0150. The monoisotopic (exact) mass is 542 g/mol. The Kier molecular flexibility index (Phi) is 8.11. The predicted molar refractivity (Wildman–Crippen MR) is 144 cm³/mol. The molecule has 0 saturated carbocycles. The number of benzene rings is 2. The van der Waals surface area contributed by atoms with Gasteiger partial charge in [0.25, 0.3) is 0 Å². The second-order valence-electron chi connectivity index (χ2n) is 9.79. The van der Waals surface area contributed by atoms with Crippen molar-refractivity contribution in [2.45, 2.75) is 25.1 Å². The highest BCUT2D eigenvalue weighted by atomic mass is 35.5. The van der Waals surface area contributed by atoms with Crippen LogP contribution in [0.2, 0.25) is 5.02 Å². The van der Waals surface area contributed by atoms with Crippen molar-refractivity contribution in [1.29, 1.82) is 0 Å². The fraction of sp³-hybridized carbons (Fsp3) is 0.444. The van der Waals surface area contributed by atoms with Gasteiger partial charge in [-0.3, -0.25) is 9.69 Å². The van der Waals surface area contributed by atoms with Crippen LogP contribution in [-0.4, -0.2) is 96.3 Å². The number of carbonyl (C=O) groups is 1. The Bertz CT molecular complexity index is 1290. The lowest BCUT2D eigenvalue weighted by Gasteiger charge is -2.42. The summed E-state index contributed by atoms with van der Waals surface area (Å²) in [7, 11) is 3.61. The molecule has 2 saturated heterocycles. The van der Waals surface area contributed by atoms with Crippen LogP contribution >= 0.6 is 11.6 Å². The molecule has 0 aliphatic carbocycles. The summed E-state index contributed by atoms with van der Waals surface area (Å²) in [5, 5.41) is 4.13. The number of piperidine rings is 1. The number of likely N-dealkylation sites (tertiary alicyclic amines) is 1. The van der Waals surface area contributed by atoms with Gasteiger partial charge in [0.15, 0.2) is 17.3 Å². The summed E-state index contributed by atoms with van der Waals surface area (Å²) in [6, 6.07) is 8.61. The largest absolute Gasteiger partial charge is 0.493 e. The average molecular weight is 543 g/mol. The number of halogens is 2. The van der Waals surface area contributed by atoms with Crippen molar-refractivity contribution >= 4 is 34.1 Å². The van der Waals surface area contributed by atoms with Crippen molar-refractivity contribution in [3.63, 3.8) is 0 Å². The molecular formula is C27H32ClFN6O3. The molecular weight excluding hydrogens is 511 g/mol. The number of hydrogen-bond donors (Lipinski definition) is 1. The fourth-order valence-electron chi connectivity index (χ4n) is 5.02. The smallest absolute Gasteiger partial charge is 0.238 e. The summed E-state index contributed by atoms with van der Waals surface area (Å²) in [5.74, 6) is 0.823. The number of anilines is 1. The number of nitrogens with zero attached hydrogens (tertiary/aromatic N) is 5. The van der Waals surface area contributed by atoms with Gasteiger partial charge in [-0.25, -0.2) is 14.4 Å². The Morgan fingerprint density at radius 1 is 1.18 bits per heavy atom.